The van der Waals surface area contributed by atoms with Crippen LogP contribution >= 0.6 is 11.6 Å². The highest BCUT2D eigenvalue weighted by molar-refractivity contribution is 6.30. The monoisotopic (exact) mass is 275 g/mol. The van der Waals surface area contributed by atoms with Crippen LogP contribution in [0.4, 0.5) is 5.82 Å². The van der Waals surface area contributed by atoms with Crippen LogP contribution in [0.2, 0.25) is 5.02 Å². The molecule has 4 nitrogen and oxygen atoms in total. The Bertz CT molecular complexity index is 623. The first-order valence-corrected chi connectivity index (χ1v) is 6.57. The predicted molar refractivity (Wildman–Crippen MR) is 74.1 cm³/mol. The molecular formula is C14H14ClN3O. The molecule has 0 aliphatic heterocycles. The lowest BCUT2D eigenvalue weighted by atomic mass is 10.1. The number of benzene rings is 1. The van der Waals surface area contributed by atoms with E-state index < -0.39 is 0 Å². The average molecular weight is 276 g/mol. The number of hydrogen-bond acceptors (Lipinski definition) is 2. The van der Waals surface area contributed by atoms with Gasteiger partial charge in [-0.25, -0.2) is 0 Å². The molecule has 1 aromatic heterocycles. The van der Waals surface area contributed by atoms with Crippen LogP contribution in [0.1, 0.15) is 17.9 Å². The molecule has 0 unspecified atom stereocenters. The van der Waals surface area contributed by atoms with E-state index in [4.69, 9.17) is 11.6 Å². The highest BCUT2D eigenvalue weighted by atomic mass is 35.5. The maximum Gasteiger partial charge on any atom is 0.229 e. The first-order chi connectivity index (χ1) is 9.13. The van der Waals surface area contributed by atoms with Crippen molar-refractivity contribution in [3.8, 4) is 0 Å². The zero-order chi connectivity index (χ0) is 13.4. The van der Waals surface area contributed by atoms with Gasteiger partial charge in [0.2, 0.25) is 5.91 Å². The van der Waals surface area contributed by atoms with Crippen molar-refractivity contribution in [1.29, 1.82) is 0 Å². The van der Waals surface area contributed by atoms with E-state index in [1.807, 2.05) is 31.3 Å². The zero-order valence-electron chi connectivity index (χ0n) is 10.5. The predicted octanol–water partition coefficient (Wildman–Crippen LogP) is 2.82. The summed E-state index contributed by atoms with van der Waals surface area (Å²) in [5.41, 5.74) is 1.13. The van der Waals surface area contributed by atoms with Gasteiger partial charge >= 0.3 is 0 Å². The highest BCUT2D eigenvalue weighted by Gasteiger charge is 2.44. The van der Waals surface area contributed by atoms with Crippen LogP contribution < -0.4 is 5.32 Å². The Hall–Kier alpha value is -1.81. The molecule has 0 saturated heterocycles. The maximum atomic E-state index is 12.1. The van der Waals surface area contributed by atoms with E-state index in [1.165, 1.54) is 0 Å². The minimum absolute atomic E-state index is 0.0282. The number of carbonyl (C=O) groups is 1. The summed E-state index contributed by atoms with van der Waals surface area (Å²) in [5, 5.41) is 7.69. The third kappa shape index (κ3) is 2.63. The summed E-state index contributed by atoms with van der Waals surface area (Å²) in [7, 11) is 1.82. The number of halogens is 1. The number of nitrogens with one attached hydrogen (secondary N) is 1. The Morgan fingerprint density at radius 3 is 3.00 bits per heavy atom. The second-order valence-electron chi connectivity index (χ2n) is 4.87. The quantitative estimate of drug-likeness (QED) is 0.936. The van der Waals surface area contributed by atoms with Gasteiger partial charge in [-0.05, 0) is 30.0 Å². The van der Waals surface area contributed by atoms with Crippen LogP contribution in [0.25, 0.3) is 0 Å². The smallest absolute Gasteiger partial charge is 0.229 e. The summed E-state index contributed by atoms with van der Waals surface area (Å²) in [5.74, 6) is 0.941. The van der Waals surface area contributed by atoms with Gasteiger partial charge in [0.25, 0.3) is 0 Å². The van der Waals surface area contributed by atoms with E-state index in [0.29, 0.717) is 10.8 Å². The van der Waals surface area contributed by atoms with Gasteiger partial charge in [-0.1, -0.05) is 23.7 Å². The van der Waals surface area contributed by atoms with Crippen molar-refractivity contribution in [2.24, 2.45) is 13.0 Å². The number of nitrogens with zero attached hydrogens (tertiary/aromatic N) is 2. The Labute approximate surface area is 116 Å². The van der Waals surface area contributed by atoms with E-state index >= 15 is 0 Å². The van der Waals surface area contributed by atoms with Crippen molar-refractivity contribution in [2.45, 2.75) is 12.3 Å². The fourth-order valence-electron chi connectivity index (χ4n) is 2.29. The van der Waals surface area contributed by atoms with Crippen LogP contribution in [0.5, 0.6) is 0 Å². The standard InChI is InChI=1S/C14H14ClN3O/c1-18-6-5-13(17-18)16-14(19)12-8-11(12)9-3-2-4-10(15)7-9/h2-7,11-12H,8H2,1H3,(H,16,17,19)/t11-,12-/m0/s1. The Morgan fingerprint density at radius 2 is 2.32 bits per heavy atom. The largest absolute Gasteiger partial charge is 0.309 e. The van der Waals surface area contributed by atoms with Crippen LogP contribution in [-0.4, -0.2) is 15.7 Å². The van der Waals surface area contributed by atoms with E-state index in [9.17, 15) is 4.79 Å². The van der Waals surface area contributed by atoms with Crippen molar-refractivity contribution in [3.05, 3.63) is 47.1 Å². The van der Waals surface area contributed by atoms with Gasteiger partial charge in [0.15, 0.2) is 5.82 Å². The second kappa shape index (κ2) is 4.70. The molecule has 5 heteroatoms. The molecule has 1 saturated carbocycles. The zero-order valence-corrected chi connectivity index (χ0v) is 11.3. The van der Waals surface area contributed by atoms with Gasteiger partial charge in [0.1, 0.15) is 0 Å². The molecule has 19 heavy (non-hydrogen) atoms. The van der Waals surface area contributed by atoms with E-state index in [1.54, 1.807) is 16.9 Å². The fourth-order valence-corrected chi connectivity index (χ4v) is 2.49. The third-order valence-corrected chi connectivity index (χ3v) is 3.60. The highest BCUT2D eigenvalue weighted by Crippen LogP contribution is 2.48. The summed E-state index contributed by atoms with van der Waals surface area (Å²) < 4.78 is 1.66. The molecule has 1 fully saturated rings. The molecule has 1 N–H and O–H groups in total. The van der Waals surface area contributed by atoms with Crippen LogP contribution in [-0.2, 0) is 11.8 Å². The van der Waals surface area contributed by atoms with E-state index in [2.05, 4.69) is 10.4 Å². The Morgan fingerprint density at radius 1 is 1.47 bits per heavy atom. The number of anilines is 1. The van der Waals surface area contributed by atoms with Crippen molar-refractivity contribution in [1.82, 2.24) is 9.78 Å². The van der Waals surface area contributed by atoms with Crippen LogP contribution in [0.3, 0.4) is 0 Å². The number of amides is 1. The lowest BCUT2D eigenvalue weighted by Crippen LogP contribution is -2.15. The minimum atomic E-state index is 0.0282. The molecule has 3 rings (SSSR count). The molecule has 2 atom stereocenters. The van der Waals surface area contributed by atoms with Crippen molar-refractivity contribution in [2.75, 3.05) is 5.32 Å². The van der Waals surface area contributed by atoms with Crippen LogP contribution in [0.15, 0.2) is 36.5 Å². The third-order valence-electron chi connectivity index (χ3n) is 3.37. The van der Waals surface area contributed by atoms with Crippen molar-refractivity contribution >= 4 is 23.3 Å². The maximum absolute atomic E-state index is 12.1. The lowest BCUT2D eigenvalue weighted by molar-refractivity contribution is -0.117. The fraction of sp³-hybridized carbons (Fsp3) is 0.286. The Balaban J connectivity index is 1.64. The first kappa shape index (κ1) is 12.2. The van der Waals surface area contributed by atoms with Crippen molar-refractivity contribution in [3.63, 3.8) is 0 Å². The Kier molecular flexibility index (Phi) is 3.03. The summed E-state index contributed by atoms with van der Waals surface area (Å²) in [6, 6.07) is 9.50. The van der Waals surface area contributed by atoms with E-state index in [-0.39, 0.29) is 17.7 Å². The van der Waals surface area contributed by atoms with Gasteiger partial charge in [0.05, 0.1) is 0 Å². The SMILES string of the molecule is Cn1ccc(NC(=O)[C@H]2C[C@H]2c2cccc(Cl)c2)n1. The average Bonchev–Trinajstić information content (AvgIpc) is 3.08. The number of aromatic nitrogens is 2. The molecule has 2 aromatic rings. The van der Waals surface area contributed by atoms with E-state index in [0.717, 1.165) is 12.0 Å². The summed E-state index contributed by atoms with van der Waals surface area (Å²) in [4.78, 5) is 12.1. The second-order valence-corrected chi connectivity index (χ2v) is 5.30. The topological polar surface area (TPSA) is 46.9 Å². The van der Waals surface area contributed by atoms with Gasteiger partial charge in [-0.2, -0.15) is 5.10 Å². The molecule has 1 aliphatic carbocycles. The van der Waals surface area contributed by atoms with Gasteiger partial charge in [0, 0.05) is 30.3 Å². The number of carbonyl (C=O) groups excluding carboxylic acids is 1. The first-order valence-electron chi connectivity index (χ1n) is 6.19. The molecule has 98 valence electrons. The lowest BCUT2D eigenvalue weighted by Gasteiger charge is -2.02. The van der Waals surface area contributed by atoms with Gasteiger partial charge < -0.3 is 5.32 Å². The molecule has 0 radical (unpaired) electrons. The van der Waals surface area contributed by atoms with Crippen molar-refractivity contribution < 1.29 is 4.79 Å². The number of hydrogen-bond donors (Lipinski definition) is 1. The minimum Gasteiger partial charge on any atom is -0.309 e. The molecule has 1 amide bonds. The molecule has 1 aromatic carbocycles. The molecular weight excluding hydrogens is 262 g/mol. The molecule has 0 spiro atoms. The van der Waals surface area contributed by atoms with Gasteiger partial charge in [-0.15, -0.1) is 0 Å². The molecule has 1 aliphatic rings. The normalized spacial score (nSPS) is 21.2. The summed E-state index contributed by atoms with van der Waals surface area (Å²) in [6.07, 6.45) is 2.68. The summed E-state index contributed by atoms with van der Waals surface area (Å²) >= 11 is 5.96. The van der Waals surface area contributed by atoms with Gasteiger partial charge in [-0.3, -0.25) is 9.48 Å². The number of aryl methyl sites for hydroxylation is 1. The van der Waals surface area contributed by atoms with Crippen LogP contribution in [0, 0.1) is 5.92 Å². The molecule has 0 bridgehead atoms. The summed E-state index contributed by atoms with van der Waals surface area (Å²) in [6.45, 7) is 0. The number of rotatable bonds is 3. The molecule has 1 heterocycles.